The van der Waals surface area contributed by atoms with E-state index in [1.165, 1.54) is 12.0 Å². The number of nitrogens with zero attached hydrogens (tertiary/aromatic N) is 1. The van der Waals surface area contributed by atoms with Crippen LogP contribution in [0.2, 0.25) is 0 Å². The summed E-state index contributed by atoms with van der Waals surface area (Å²) < 4.78 is 13.0. The minimum Gasteiger partial charge on any atom is -0.369 e. The Morgan fingerprint density at radius 1 is 1.32 bits per heavy atom. The Hall–Kier alpha value is -2.28. The van der Waals surface area contributed by atoms with Gasteiger partial charge in [-0.2, -0.15) is 0 Å². The van der Waals surface area contributed by atoms with Gasteiger partial charge in [-0.25, -0.2) is 9.37 Å². The minimum absolute atomic E-state index is 0.0952. The molecule has 4 heteroatoms. The van der Waals surface area contributed by atoms with Crippen LogP contribution in [-0.2, 0) is 0 Å². The van der Waals surface area contributed by atoms with Crippen LogP contribution in [0.15, 0.2) is 24.4 Å². The van der Waals surface area contributed by atoms with Crippen molar-refractivity contribution in [1.82, 2.24) is 9.97 Å². The van der Waals surface area contributed by atoms with Crippen LogP contribution < -0.4 is 5.73 Å². The number of nitrogen functional groups attached to an aromatic ring is 1. The first-order valence-electron chi connectivity index (χ1n) is 7.16. The van der Waals surface area contributed by atoms with Crippen molar-refractivity contribution >= 4 is 5.95 Å². The molecule has 0 amide bonds. The number of nitrogens with two attached hydrogens (primary N) is 1. The molecule has 0 aliphatic heterocycles. The molecule has 2 aromatic rings. The molecule has 0 saturated heterocycles. The van der Waals surface area contributed by atoms with E-state index in [2.05, 4.69) is 36.7 Å². The predicted molar refractivity (Wildman–Crippen MR) is 89.9 cm³/mol. The Morgan fingerprint density at radius 3 is 2.23 bits per heavy atom. The topological polar surface area (TPSA) is 54.7 Å². The average Bonchev–Trinajstić information content (AvgIpc) is 2.94. The highest BCUT2D eigenvalue weighted by molar-refractivity contribution is 5.32. The summed E-state index contributed by atoms with van der Waals surface area (Å²) in [5.74, 6) is 1.03. The summed E-state index contributed by atoms with van der Waals surface area (Å²) in [5.41, 5.74) is 8.70. The number of rotatable bonds is 1. The third-order valence-corrected chi connectivity index (χ3v) is 3.82. The molecule has 22 heavy (non-hydrogen) atoms. The van der Waals surface area contributed by atoms with Crippen molar-refractivity contribution in [3.63, 3.8) is 0 Å². The quantitative estimate of drug-likeness (QED) is 0.776. The lowest BCUT2D eigenvalue weighted by Gasteiger charge is -2.05. The zero-order valence-corrected chi connectivity index (χ0v) is 13.7. The van der Waals surface area contributed by atoms with Gasteiger partial charge in [0.25, 0.3) is 0 Å². The summed E-state index contributed by atoms with van der Waals surface area (Å²) in [7, 11) is 0. The van der Waals surface area contributed by atoms with Crippen molar-refractivity contribution in [3.8, 4) is 12.8 Å². The lowest BCUT2D eigenvalue weighted by atomic mass is 10.0. The molecule has 1 heterocycles. The van der Waals surface area contributed by atoms with Gasteiger partial charge in [0.15, 0.2) is 5.95 Å². The zero-order chi connectivity index (χ0) is 16.9. The predicted octanol–water partition coefficient (Wildman–Crippen LogP) is 4.20. The van der Waals surface area contributed by atoms with E-state index in [1.807, 2.05) is 26.0 Å². The van der Waals surface area contributed by atoms with E-state index in [1.54, 1.807) is 12.3 Å². The Kier molecular flexibility index (Phi) is 5.76. The van der Waals surface area contributed by atoms with Crippen molar-refractivity contribution in [2.75, 3.05) is 5.73 Å². The standard InChI is InChI=1S/C12H15F.C4H7N3.C2H2/c1-8-6-9(4-5-11(8)13)10-7-12(10,2)3;1-3-2-6-4(5)7-3;1-2/h4-6,10H,7H2,1-3H3;2H,1H3,(H3,5,6,7);1-2H/t10-;;/m0../s1. The number of terminal acetylenes is 1. The molecule has 3 N–H and O–H groups in total. The van der Waals surface area contributed by atoms with Gasteiger partial charge in [-0.3, -0.25) is 0 Å². The van der Waals surface area contributed by atoms with Gasteiger partial charge in [0.05, 0.1) is 0 Å². The van der Waals surface area contributed by atoms with Gasteiger partial charge in [0.1, 0.15) is 5.82 Å². The maximum atomic E-state index is 13.0. The number of hydrogen-bond acceptors (Lipinski definition) is 2. The van der Waals surface area contributed by atoms with E-state index in [9.17, 15) is 4.39 Å². The summed E-state index contributed by atoms with van der Waals surface area (Å²) in [6.07, 6.45) is 10.9. The number of benzene rings is 1. The average molecular weight is 301 g/mol. The second-order valence-corrected chi connectivity index (χ2v) is 6.21. The normalized spacial score (nSPS) is 17.5. The Morgan fingerprint density at radius 2 is 1.91 bits per heavy atom. The van der Waals surface area contributed by atoms with E-state index in [4.69, 9.17) is 5.73 Å². The van der Waals surface area contributed by atoms with Crippen molar-refractivity contribution < 1.29 is 4.39 Å². The third-order valence-electron chi connectivity index (χ3n) is 3.82. The van der Waals surface area contributed by atoms with Gasteiger partial charge in [-0.05, 0) is 48.8 Å². The first kappa shape index (κ1) is 17.8. The van der Waals surface area contributed by atoms with Gasteiger partial charge in [-0.1, -0.05) is 26.0 Å². The van der Waals surface area contributed by atoms with Crippen LogP contribution in [-0.4, -0.2) is 9.97 Å². The Bertz CT molecular complexity index is 624. The van der Waals surface area contributed by atoms with Gasteiger partial charge in [-0.15, -0.1) is 12.8 Å². The van der Waals surface area contributed by atoms with Crippen LogP contribution >= 0.6 is 0 Å². The molecule has 1 aromatic carbocycles. The van der Waals surface area contributed by atoms with Crippen molar-refractivity contribution in [3.05, 3.63) is 47.0 Å². The van der Waals surface area contributed by atoms with Crippen molar-refractivity contribution in [2.24, 2.45) is 5.41 Å². The maximum absolute atomic E-state index is 13.0. The van der Waals surface area contributed by atoms with Crippen molar-refractivity contribution in [1.29, 1.82) is 0 Å². The molecular weight excluding hydrogens is 277 g/mol. The second-order valence-electron chi connectivity index (χ2n) is 6.21. The largest absolute Gasteiger partial charge is 0.369 e. The van der Waals surface area contributed by atoms with E-state index >= 15 is 0 Å². The summed E-state index contributed by atoms with van der Waals surface area (Å²) in [6.45, 7) is 8.25. The van der Waals surface area contributed by atoms with E-state index in [0.717, 1.165) is 11.3 Å². The lowest BCUT2D eigenvalue weighted by Crippen LogP contribution is -1.91. The molecule has 0 unspecified atom stereocenters. The third kappa shape index (κ3) is 4.63. The number of H-pyrrole nitrogens is 1. The number of aromatic nitrogens is 2. The Balaban J connectivity index is 0.000000228. The molecule has 3 nitrogen and oxygen atoms in total. The number of aromatic amines is 1. The second kappa shape index (κ2) is 7.13. The van der Waals surface area contributed by atoms with E-state index in [0.29, 0.717) is 17.3 Å². The molecule has 1 aliphatic carbocycles. The van der Waals surface area contributed by atoms with Crippen LogP contribution in [0.4, 0.5) is 10.3 Å². The molecule has 1 saturated carbocycles. The number of hydrogen-bond donors (Lipinski definition) is 2. The summed E-state index contributed by atoms with van der Waals surface area (Å²) in [4.78, 5) is 6.54. The molecule has 1 aromatic heterocycles. The minimum atomic E-state index is -0.0952. The fourth-order valence-electron chi connectivity index (χ4n) is 2.35. The van der Waals surface area contributed by atoms with Crippen molar-refractivity contribution in [2.45, 2.75) is 40.0 Å². The van der Waals surface area contributed by atoms with Crippen LogP contribution in [0.1, 0.15) is 43.0 Å². The highest BCUT2D eigenvalue weighted by Gasteiger charge is 2.46. The monoisotopic (exact) mass is 301 g/mol. The first-order valence-corrected chi connectivity index (χ1v) is 7.16. The van der Waals surface area contributed by atoms with Gasteiger partial charge >= 0.3 is 0 Å². The molecule has 1 aliphatic rings. The fourth-order valence-corrected chi connectivity index (χ4v) is 2.35. The number of aryl methyl sites for hydroxylation is 2. The Labute approximate surface area is 132 Å². The molecule has 0 spiro atoms. The molecule has 1 atom stereocenters. The van der Waals surface area contributed by atoms with Gasteiger partial charge in [0.2, 0.25) is 0 Å². The van der Waals surface area contributed by atoms with Crippen LogP contribution in [0.25, 0.3) is 0 Å². The van der Waals surface area contributed by atoms with Crippen LogP contribution in [0.3, 0.4) is 0 Å². The lowest BCUT2D eigenvalue weighted by molar-refractivity contribution is 0.609. The number of anilines is 1. The SMILES string of the molecule is C#C.Cc1cc([C@@H]2CC2(C)C)ccc1F.Cc1cnc(N)[nH]1. The molecule has 3 rings (SSSR count). The summed E-state index contributed by atoms with van der Waals surface area (Å²) in [5, 5.41) is 0. The smallest absolute Gasteiger partial charge is 0.197 e. The van der Waals surface area contributed by atoms with Crippen LogP contribution in [0, 0.1) is 37.9 Å². The van der Waals surface area contributed by atoms with E-state index in [-0.39, 0.29) is 5.82 Å². The number of halogens is 1. The molecule has 0 radical (unpaired) electrons. The zero-order valence-electron chi connectivity index (χ0n) is 13.7. The highest BCUT2D eigenvalue weighted by Crippen LogP contribution is 2.58. The van der Waals surface area contributed by atoms with Crippen LogP contribution in [0.5, 0.6) is 0 Å². The van der Waals surface area contributed by atoms with Gasteiger partial charge < -0.3 is 10.7 Å². The van der Waals surface area contributed by atoms with E-state index < -0.39 is 0 Å². The molecule has 1 fully saturated rings. The number of imidazole rings is 1. The highest BCUT2D eigenvalue weighted by atomic mass is 19.1. The van der Waals surface area contributed by atoms with Gasteiger partial charge in [0, 0.05) is 11.9 Å². The fraction of sp³-hybridized carbons (Fsp3) is 0.389. The molecular formula is C18H24FN3. The molecule has 0 bridgehead atoms. The maximum Gasteiger partial charge on any atom is 0.197 e. The molecule has 118 valence electrons. The number of nitrogens with one attached hydrogen (secondary N) is 1. The summed E-state index contributed by atoms with van der Waals surface area (Å²) in [6, 6.07) is 5.48. The first-order chi connectivity index (χ1) is 10.3. The summed E-state index contributed by atoms with van der Waals surface area (Å²) >= 11 is 0.